The number of aliphatic imine (C=N–C) groups is 1. The number of carbonyl (C=O) groups is 2. The fourth-order valence-electron chi connectivity index (χ4n) is 3.41. The van der Waals surface area contributed by atoms with E-state index >= 15 is 0 Å². The molecule has 7 heteroatoms. The Kier molecular flexibility index (Phi) is 7.06. The van der Waals surface area contributed by atoms with Crippen LogP contribution in [0.25, 0.3) is 0 Å². The number of rotatable bonds is 5. The van der Waals surface area contributed by atoms with Crippen LogP contribution >= 0.6 is 0 Å². The minimum Gasteiger partial charge on any atom is -0.352 e. The zero-order chi connectivity index (χ0) is 21.5. The van der Waals surface area contributed by atoms with Gasteiger partial charge in [-0.05, 0) is 35.2 Å². The van der Waals surface area contributed by atoms with Crippen molar-refractivity contribution in [2.45, 2.75) is 19.5 Å². The van der Waals surface area contributed by atoms with Crippen molar-refractivity contribution in [3.05, 3.63) is 70.8 Å². The highest BCUT2D eigenvalue weighted by Gasteiger charge is 2.20. The lowest BCUT2D eigenvalue weighted by Crippen LogP contribution is -2.45. The number of benzene rings is 2. The smallest absolute Gasteiger partial charge is 0.253 e. The summed E-state index contributed by atoms with van der Waals surface area (Å²) in [6.45, 7) is 2.13. The molecule has 2 aromatic carbocycles. The molecule has 2 amide bonds. The number of fused-ring (bicyclic) bond motifs is 1. The van der Waals surface area contributed by atoms with Gasteiger partial charge in [0.15, 0.2) is 5.96 Å². The second kappa shape index (κ2) is 9.91. The maximum atomic E-state index is 12.6. The first kappa shape index (κ1) is 21.4. The summed E-state index contributed by atoms with van der Waals surface area (Å²) in [6, 6.07) is 15.7. The van der Waals surface area contributed by atoms with Crippen molar-refractivity contribution in [1.29, 1.82) is 0 Å². The maximum absolute atomic E-state index is 12.6. The van der Waals surface area contributed by atoms with Crippen molar-refractivity contribution in [3.8, 4) is 0 Å². The van der Waals surface area contributed by atoms with Gasteiger partial charge in [-0.1, -0.05) is 36.4 Å². The molecule has 0 aliphatic carbocycles. The Morgan fingerprint density at radius 2 is 1.73 bits per heavy atom. The molecule has 0 aromatic heterocycles. The summed E-state index contributed by atoms with van der Waals surface area (Å²) in [6.07, 6.45) is 0.890. The van der Waals surface area contributed by atoms with Gasteiger partial charge < -0.3 is 20.4 Å². The van der Waals surface area contributed by atoms with E-state index in [2.05, 4.69) is 27.8 Å². The number of hydrogen-bond acceptors (Lipinski definition) is 3. The number of amides is 2. The molecule has 2 N–H and O–H groups in total. The van der Waals surface area contributed by atoms with Crippen LogP contribution in [0, 0.1) is 0 Å². The summed E-state index contributed by atoms with van der Waals surface area (Å²) < 4.78 is 0. The third-order valence-corrected chi connectivity index (χ3v) is 5.18. The molecule has 0 unspecified atom stereocenters. The standard InChI is InChI=1S/C23H29N5O2/c1-24-23(25-14-17-8-10-19(11-9-17)22(30)27(2)3)26-15-21(29)28-13-12-18-6-4-5-7-20(18)16-28/h4-11H,12-16H2,1-3H3,(H2,24,25,26). The van der Waals surface area contributed by atoms with Gasteiger partial charge >= 0.3 is 0 Å². The Labute approximate surface area is 177 Å². The van der Waals surface area contributed by atoms with Gasteiger partial charge in [0.05, 0.1) is 6.54 Å². The molecule has 0 saturated carbocycles. The molecule has 0 atom stereocenters. The Balaban J connectivity index is 1.47. The summed E-state index contributed by atoms with van der Waals surface area (Å²) in [5, 5.41) is 6.30. The SMILES string of the molecule is CN=C(NCC(=O)N1CCc2ccccc2C1)NCc1ccc(C(=O)N(C)C)cc1. The van der Waals surface area contributed by atoms with Crippen molar-refractivity contribution in [2.75, 3.05) is 34.2 Å². The molecule has 7 nitrogen and oxygen atoms in total. The van der Waals surface area contributed by atoms with Crippen LogP contribution in [0.5, 0.6) is 0 Å². The summed E-state index contributed by atoms with van der Waals surface area (Å²) in [5.41, 5.74) is 4.22. The molecule has 1 aliphatic rings. The van der Waals surface area contributed by atoms with Crippen LogP contribution in [0.4, 0.5) is 0 Å². The molecule has 0 bridgehead atoms. The average Bonchev–Trinajstić information content (AvgIpc) is 2.78. The van der Waals surface area contributed by atoms with Crippen LogP contribution in [0.2, 0.25) is 0 Å². The third-order valence-electron chi connectivity index (χ3n) is 5.18. The second-order valence-corrected chi connectivity index (χ2v) is 7.51. The molecule has 158 valence electrons. The second-order valence-electron chi connectivity index (χ2n) is 7.51. The van der Waals surface area contributed by atoms with Crippen LogP contribution < -0.4 is 10.6 Å². The highest BCUT2D eigenvalue weighted by Crippen LogP contribution is 2.18. The Morgan fingerprint density at radius 1 is 1.03 bits per heavy atom. The molecule has 1 aliphatic heterocycles. The fourth-order valence-corrected chi connectivity index (χ4v) is 3.41. The number of nitrogens with zero attached hydrogens (tertiary/aromatic N) is 3. The van der Waals surface area contributed by atoms with Crippen LogP contribution in [-0.4, -0.2) is 61.8 Å². The van der Waals surface area contributed by atoms with Gasteiger partial charge in [-0.15, -0.1) is 0 Å². The van der Waals surface area contributed by atoms with Crippen molar-refractivity contribution in [1.82, 2.24) is 20.4 Å². The van der Waals surface area contributed by atoms with Crippen LogP contribution in [0.15, 0.2) is 53.5 Å². The van der Waals surface area contributed by atoms with Crippen LogP contribution in [0.3, 0.4) is 0 Å². The summed E-state index contributed by atoms with van der Waals surface area (Å²) in [7, 11) is 5.14. The van der Waals surface area contributed by atoms with Crippen molar-refractivity contribution in [3.63, 3.8) is 0 Å². The highest BCUT2D eigenvalue weighted by atomic mass is 16.2. The lowest BCUT2D eigenvalue weighted by molar-refractivity contribution is -0.130. The topological polar surface area (TPSA) is 77.0 Å². The quantitative estimate of drug-likeness (QED) is 0.584. The largest absolute Gasteiger partial charge is 0.352 e. The minimum atomic E-state index is -0.0224. The van der Waals surface area contributed by atoms with Gasteiger partial charge in [-0.2, -0.15) is 0 Å². The normalized spacial score (nSPS) is 13.4. The minimum absolute atomic E-state index is 0.0224. The Morgan fingerprint density at radius 3 is 2.40 bits per heavy atom. The summed E-state index contributed by atoms with van der Waals surface area (Å²) >= 11 is 0. The fraction of sp³-hybridized carbons (Fsp3) is 0.348. The van der Waals surface area contributed by atoms with Gasteiger partial charge in [0.2, 0.25) is 5.91 Å². The zero-order valence-corrected chi connectivity index (χ0v) is 17.8. The van der Waals surface area contributed by atoms with Gasteiger partial charge in [0.25, 0.3) is 5.91 Å². The molecule has 0 radical (unpaired) electrons. The molecule has 0 fully saturated rings. The number of nitrogens with one attached hydrogen (secondary N) is 2. The lowest BCUT2D eigenvalue weighted by Gasteiger charge is -2.29. The van der Waals surface area contributed by atoms with E-state index in [1.165, 1.54) is 11.1 Å². The van der Waals surface area contributed by atoms with E-state index in [1.54, 1.807) is 26.0 Å². The van der Waals surface area contributed by atoms with Crippen LogP contribution in [0.1, 0.15) is 27.0 Å². The predicted molar refractivity (Wildman–Crippen MR) is 118 cm³/mol. The lowest BCUT2D eigenvalue weighted by atomic mass is 10.00. The molecule has 0 saturated heterocycles. The molecule has 3 rings (SSSR count). The molecule has 30 heavy (non-hydrogen) atoms. The summed E-state index contributed by atoms with van der Waals surface area (Å²) in [5.74, 6) is 0.596. The molecule has 0 spiro atoms. The van der Waals surface area contributed by atoms with E-state index in [0.717, 1.165) is 18.5 Å². The monoisotopic (exact) mass is 407 g/mol. The molecular weight excluding hydrogens is 378 g/mol. The van der Waals surface area contributed by atoms with Crippen molar-refractivity contribution < 1.29 is 9.59 Å². The first-order valence-corrected chi connectivity index (χ1v) is 10.1. The van der Waals surface area contributed by atoms with E-state index in [1.807, 2.05) is 41.3 Å². The first-order chi connectivity index (χ1) is 14.5. The summed E-state index contributed by atoms with van der Waals surface area (Å²) in [4.78, 5) is 32.2. The number of carbonyl (C=O) groups excluding carboxylic acids is 2. The first-order valence-electron chi connectivity index (χ1n) is 10.1. The van der Waals surface area contributed by atoms with Gasteiger partial charge in [0.1, 0.15) is 0 Å². The third kappa shape index (κ3) is 5.37. The molecular formula is C23H29N5O2. The molecule has 2 aromatic rings. The van der Waals surface area contributed by atoms with Crippen LogP contribution in [-0.2, 0) is 24.3 Å². The highest BCUT2D eigenvalue weighted by molar-refractivity contribution is 5.93. The van der Waals surface area contributed by atoms with E-state index in [-0.39, 0.29) is 18.4 Å². The Hall–Kier alpha value is -3.35. The maximum Gasteiger partial charge on any atom is 0.253 e. The van der Waals surface area contributed by atoms with E-state index in [0.29, 0.717) is 24.6 Å². The average molecular weight is 408 g/mol. The number of hydrogen-bond donors (Lipinski definition) is 2. The van der Waals surface area contributed by atoms with Gasteiger partial charge in [-0.25, -0.2) is 0 Å². The van der Waals surface area contributed by atoms with Crippen molar-refractivity contribution >= 4 is 17.8 Å². The van der Waals surface area contributed by atoms with Gasteiger partial charge in [0, 0.05) is 46.3 Å². The Bertz CT molecular complexity index is 921. The molecule has 1 heterocycles. The number of guanidine groups is 1. The van der Waals surface area contributed by atoms with Crippen molar-refractivity contribution in [2.24, 2.45) is 4.99 Å². The van der Waals surface area contributed by atoms with E-state index in [9.17, 15) is 9.59 Å². The van der Waals surface area contributed by atoms with E-state index in [4.69, 9.17) is 0 Å². The predicted octanol–water partition coefficient (Wildman–Crippen LogP) is 1.64. The van der Waals surface area contributed by atoms with Gasteiger partial charge in [-0.3, -0.25) is 14.6 Å². The zero-order valence-electron chi connectivity index (χ0n) is 17.8. The van der Waals surface area contributed by atoms with E-state index < -0.39 is 0 Å².